The molecule has 3 rings (SSSR count). The number of nitrogens with one attached hydrogen (secondary N) is 1. The number of benzene rings is 2. The number of fused-ring (bicyclic) bond motifs is 1. The van der Waals surface area contributed by atoms with Crippen molar-refractivity contribution in [3.8, 4) is 5.75 Å². The number of phenolic OH excluding ortho intramolecular Hbond substituents is 1. The average Bonchev–Trinajstić information content (AvgIpc) is 2.98. The van der Waals surface area contributed by atoms with Crippen molar-refractivity contribution in [2.24, 2.45) is 0 Å². The summed E-state index contributed by atoms with van der Waals surface area (Å²) < 4.78 is 41.4. The van der Waals surface area contributed by atoms with Gasteiger partial charge in [-0.05, 0) is 36.2 Å². The molecule has 126 valence electrons. The Morgan fingerprint density at radius 1 is 1.12 bits per heavy atom. The molecule has 0 aliphatic carbocycles. The fourth-order valence-electron chi connectivity index (χ4n) is 2.63. The van der Waals surface area contributed by atoms with Crippen molar-refractivity contribution in [3.05, 3.63) is 59.4 Å². The molecule has 0 fully saturated rings. The second-order valence-electron chi connectivity index (χ2n) is 5.52. The molecule has 0 bridgehead atoms. The number of alkyl halides is 3. The van der Waals surface area contributed by atoms with Gasteiger partial charge in [-0.25, -0.2) is 4.98 Å². The van der Waals surface area contributed by atoms with Crippen molar-refractivity contribution >= 4 is 11.0 Å². The van der Waals surface area contributed by atoms with Gasteiger partial charge in [-0.1, -0.05) is 25.1 Å². The van der Waals surface area contributed by atoms with Crippen molar-refractivity contribution in [1.29, 1.82) is 0 Å². The first-order valence-corrected chi connectivity index (χ1v) is 7.34. The van der Waals surface area contributed by atoms with Gasteiger partial charge in [0.05, 0.1) is 11.0 Å². The van der Waals surface area contributed by atoms with Crippen LogP contribution in [0.2, 0.25) is 0 Å². The molecule has 1 atom stereocenters. The van der Waals surface area contributed by atoms with E-state index in [9.17, 15) is 23.4 Å². The highest BCUT2D eigenvalue weighted by molar-refractivity contribution is 5.75. The standard InChI is InChI=1S/C17H15F3N2O2/c1-2-10-7-8-14(23)11(9-10)16(24,17(18,19)20)15-21-12-5-3-4-6-13(12)22-15/h3-9,23-24H,2H2,1H3,(H,21,22). The lowest BCUT2D eigenvalue weighted by Crippen LogP contribution is -2.44. The number of hydrogen-bond donors (Lipinski definition) is 3. The van der Waals surface area contributed by atoms with Crippen molar-refractivity contribution in [1.82, 2.24) is 9.97 Å². The summed E-state index contributed by atoms with van der Waals surface area (Å²) in [6, 6.07) is 10.2. The Morgan fingerprint density at radius 2 is 1.83 bits per heavy atom. The van der Waals surface area contributed by atoms with Gasteiger partial charge in [-0.2, -0.15) is 13.2 Å². The fraction of sp³-hybridized carbons (Fsp3) is 0.235. The highest BCUT2D eigenvalue weighted by Crippen LogP contribution is 2.46. The monoisotopic (exact) mass is 336 g/mol. The molecule has 2 aromatic carbocycles. The summed E-state index contributed by atoms with van der Waals surface area (Å²) in [6.07, 6.45) is -4.62. The zero-order valence-corrected chi connectivity index (χ0v) is 12.7. The van der Waals surface area contributed by atoms with E-state index < -0.39 is 28.9 Å². The number of aliphatic hydroxyl groups is 1. The van der Waals surface area contributed by atoms with E-state index >= 15 is 0 Å². The fourth-order valence-corrected chi connectivity index (χ4v) is 2.63. The van der Waals surface area contributed by atoms with E-state index in [1.54, 1.807) is 25.1 Å². The van der Waals surface area contributed by atoms with E-state index in [4.69, 9.17) is 0 Å². The zero-order valence-electron chi connectivity index (χ0n) is 12.7. The maximum absolute atomic E-state index is 13.8. The summed E-state index contributed by atoms with van der Waals surface area (Å²) in [6.45, 7) is 1.77. The van der Waals surface area contributed by atoms with E-state index in [1.807, 2.05) is 0 Å². The lowest BCUT2D eigenvalue weighted by Gasteiger charge is -2.29. The van der Waals surface area contributed by atoms with Crippen molar-refractivity contribution in [2.75, 3.05) is 0 Å². The van der Waals surface area contributed by atoms with E-state index in [1.165, 1.54) is 12.1 Å². The first kappa shape index (κ1) is 16.3. The summed E-state index contributed by atoms with van der Waals surface area (Å²) in [5.74, 6) is -1.33. The quantitative estimate of drug-likeness (QED) is 0.684. The minimum atomic E-state index is -5.08. The minimum Gasteiger partial charge on any atom is -0.508 e. The van der Waals surface area contributed by atoms with Gasteiger partial charge in [-0.15, -0.1) is 0 Å². The number of halogens is 3. The highest BCUT2D eigenvalue weighted by atomic mass is 19.4. The van der Waals surface area contributed by atoms with Crippen molar-refractivity contribution in [3.63, 3.8) is 0 Å². The predicted octanol–water partition coefficient (Wildman–Crippen LogP) is 3.63. The predicted molar refractivity (Wildman–Crippen MR) is 82.6 cm³/mol. The molecule has 0 aliphatic rings. The number of H-pyrrole nitrogens is 1. The molecule has 3 aromatic rings. The van der Waals surface area contributed by atoms with Gasteiger partial charge in [0.15, 0.2) is 5.82 Å². The molecule has 3 N–H and O–H groups in total. The van der Waals surface area contributed by atoms with Crippen LogP contribution in [0, 0.1) is 0 Å². The van der Waals surface area contributed by atoms with Crippen molar-refractivity contribution in [2.45, 2.75) is 25.1 Å². The third kappa shape index (κ3) is 2.41. The van der Waals surface area contributed by atoms with Crippen LogP contribution in [0.1, 0.15) is 23.9 Å². The molecule has 1 aromatic heterocycles. The molecule has 1 heterocycles. The summed E-state index contributed by atoms with van der Waals surface area (Å²) in [5.41, 5.74) is -2.88. The molecular weight excluding hydrogens is 321 g/mol. The third-order valence-electron chi connectivity index (χ3n) is 4.00. The first-order valence-electron chi connectivity index (χ1n) is 7.34. The Balaban J connectivity index is 2.29. The number of phenols is 1. The van der Waals surface area contributed by atoms with Crippen LogP contribution in [0.25, 0.3) is 11.0 Å². The van der Waals surface area contributed by atoms with Gasteiger partial charge in [-0.3, -0.25) is 0 Å². The summed E-state index contributed by atoms with van der Waals surface area (Å²) >= 11 is 0. The van der Waals surface area contributed by atoms with Gasteiger partial charge in [0, 0.05) is 5.56 Å². The van der Waals surface area contributed by atoms with E-state index in [0.717, 1.165) is 12.1 Å². The molecule has 7 heteroatoms. The second kappa shape index (κ2) is 5.52. The highest BCUT2D eigenvalue weighted by Gasteiger charge is 2.59. The van der Waals surface area contributed by atoms with Gasteiger partial charge in [0.25, 0.3) is 0 Å². The van der Waals surface area contributed by atoms with Crippen LogP contribution in [0.5, 0.6) is 5.75 Å². The Morgan fingerprint density at radius 3 is 2.46 bits per heavy atom. The number of aromatic amines is 1. The number of imidazole rings is 1. The van der Waals surface area contributed by atoms with E-state index in [-0.39, 0.29) is 0 Å². The number of rotatable bonds is 3. The molecule has 4 nitrogen and oxygen atoms in total. The van der Waals surface area contributed by atoms with Crippen LogP contribution < -0.4 is 0 Å². The Bertz CT molecular complexity index is 856. The number of hydrogen-bond acceptors (Lipinski definition) is 3. The minimum absolute atomic E-state index is 0.293. The topological polar surface area (TPSA) is 69.1 Å². The largest absolute Gasteiger partial charge is 0.508 e. The summed E-state index contributed by atoms with van der Waals surface area (Å²) in [7, 11) is 0. The number of aryl methyl sites for hydroxylation is 1. The molecule has 0 amide bonds. The molecular formula is C17H15F3N2O2. The summed E-state index contributed by atoms with van der Waals surface area (Å²) in [4.78, 5) is 6.40. The summed E-state index contributed by atoms with van der Waals surface area (Å²) in [5, 5.41) is 20.6. The van der Waals surface area contributed by atoms with Crippen LogP contribution >= 0.6 is 0 Å². The molecule has 0 aliphatic heterocycles. The van der Waals surface area contributed by atoms with E-state index in [0.29, 0.717) is 23.0 Å². The molecule has 0 spiro atoms. The SMILES string of the molecule is CCc1ccc(O)c(C(O)(c2nc3ccccc3[nH]2)C(F)(F)F)c1. The lowest BCUT2D eigenvalue weighted by atomic mass is 9.89. The molecule has 1 unspecified atom stereocenters. The Hall–Kier alpha value is -2.54. The normalized spacial score (nSPS) is 14.7. The van der Waals surface area contributed by atoms with Crippen LogP contribution in [-0.4, -0.2) is 26.4 Å². The third-order valence-corrected chi connectivity index (χ3v) is 4.00. The van der Waals surface area contributed by atoms with Gasteiger partial charge in [0.2, 0.25) is 5.60 Å². The zero-order chi connectivity index (χ0) is 17.5. The average molecular weight is 336 g/mol. The van der Waals surface area contributed by atoms with Crippen molar-refractivity contribution < 1.29 is 23.4 Å². The number of aromatic hydroxyl groups is 1. The van der Waals surface area contributed by atoms with Crippen LogP contribution in [0.3, 0.4) is 0 Å². The molecule has 0 saturated heterocycles. The Kier molecular flexibility index (Phi) is 3.76. The molecule has 0 saturated carbocycles. The second-order valence-corrected chi connectivity index (χ2v) is 5.52. The lowest BCUT2D eigenvalue weighted by molar-refractivity contribution is -0.251. The molecule has 24 heavy (non-hydrogen) atoms. The maximum atomic E-state index is 13.8. The maximum Gasteiger partial charge on any atom is 0.429 e. The number of nitrogens with zero attached hydrogens (tertiary/aromatic N) is 1. The van der Waals surface area contributed by atoms with Crippen LogP contribution in [-0.2, 0) is 12.0 Å². The van der Waals surface area contributed by atoms with Gasteiger partial charge < -0.3 is 15.2 Å². The van der Waals surface area contributed by atoms with Crippen LogP contribution in [0.4, 0.5) is 13.2 Å². The van der Waals surface area contributed by atoms with Crippen LogP contribution in [0.15, 0.2) is 42.5 Å². The van der Waals surface area contributed by atoms with Gasteiger partial charge in [0.1, 0.15) is 5.75 Å². The Labute approximate surface area is 135 Å². The molecule has 0 radical (unpaired) electrons. The number of aromatic nitrogens is 2. The van der Waals surface area contributed by atoms with E-state index in [2.05, 4.69) is 9.97 Å². The number of para-hydroxylation sites is 2. The first-order chi connectivity index (χ1) is 11.3. The van der Waals surface area contributed by atoms with Gasteiger partial charge >= 0.3 is 6.18 Å². The smallest absolute Gasteiger partial charge is 0.429 e.